The van der Waals surface area contributed by atoms with Gasteiger partial charge in [0.1, 0.15) is 6.07 Å². The molecular formula is C10H12N2O4S2. The predicted molar refractivity (Wildman–Crippen MR) is 65.9 cm³/mol. The molecule has 0 fully saturated rings. The molecule has 0 unspecified atom stereocenters. The van der Waals surface area contributed by atoms with Gasteiger partial charge >= 0.3 is 0 Å². The molecule has 1 rings (SSSR count). The number of sulfonamides is 1. The lowest BCUT2D eigenvalue weighted by Crippen LogP contribution is -2.23. The van der Waals surface area contributed by atoms with Crippen molar-refractivity contribution in [1.29, 1.82) is 5.26 Å². The first-order valence-electron chi connectivity index (χ1n) is 4.90. The minimum atomic E-state index is -3.86. The Kier molecular flexibility index (Phi) is 4.11. The minimum Gasteiger partial charge on any atom is -0.229 e. The summed E-state index contributed by atoms with van der Waals surface area (Å²) in [6.45, 7) is 1.72. The third kappa shape index (κ3) is 3.80. The van der Waals surface area contributed by atoms with Crippen LogP contribution in [-0.2, 0) is 19.9 Å². The van der Waals surface area contributed by atoms with E-state index in [4.69, 9.17) is 10.4 Å². The van der Waals surface area contributed by atoms with Crippen molar-refractivity contribution < 1.29 is 16.8 Å². The Morgan fingerprint density at radius 2 is 1.83 bits per heavy atom. The third-order valence-electron chi connectivity index (χ3n) is 2.23. The molecule has 0 aliphatic carbocycles. The van der Waals surface area contributed by atoms with Crippen molar-refractivity contribution >= 4 is 19.9 Å². The predicted octanol–water partition coefficient (Wildman–Crippen LogP) is -0.0711. The van der Waals surface area contributed by atoms with Crippen LogP contribution in [-0.4, -0.2) is 28.3 Å². The van der Waals surface area contributed by atoms with Gasteiger partial charge in [-0.3, -0.25) is 0 Å². The van der Waals surface area contributed by atoms with Crippen molar-refractivity contribution in [3.63, 3.8) is 0 Å². The average Bonchev–Trinajstić information content (AvgIpc) is 2.25. The van der Waals surface area contributed by atoms with E-state index in [0.717, 1.165) is 5.56 Å². The van der Waals surface area contributed by atoms with Gasteiger partial charge in [-0.2, -0.15) is 5.26 Å². The molecule has 0 atom stereocenters. The second-order valence-corrected chi connectivity index (χ2v) is 7.61. The van der Waals surface area contributed by atoms with E-state index in [2.05, 4.69) is 0 Å². The van der Waals surface area contributed by atoms with Crippen molar-refractivity contribution in [3.8, 4) is 6.07 Å². The average molecular weight is 288 g/mol. The zero-order chi connectivity index (χ0) is 14.0. The summed E-state index contributed by atoms with van der Waals surface area (Å²) < 4.78 is 45.3. The molecule has 1 aromatic rings. The summed E-state index contributed by atoms with van der Waals surface area (Å²) in [7, 11) is -7.69. The largest absolute Gasteiger partial charge is 0.229 e. The Labute approximate surface area is 106 Å². The van der Waals surface area contributed by atoms with Crippen LogP contribution in [0.4, 0.5) is 0 Å². The second-order valence-electron chi connectivity index (χ2n) is 3.80. The van der Waals surface area contributed by atoms with E-state index in [-0.39, 0.29) is 10.5 Å². The van der Waals surface area contributed by atoms with Crippen LogP contribution in [0.3, 0.4) is 0 Å². The van der Waals surface area contributed by atoms with Gasteiger partial charge in [0.05, 0.1) is 22.0 Å². The van der Waals surface area contributed by atoms with Crippen LogP contribution < -0.4 is 5.14 Å². The Morgan fingerprint density at radius 3 is 2.33 bits per heavy atom. The molecule has 6 nitrogen and oxygen atoms in total. The fourth-order valence-electron chi connectivity index (χ4n) is 1.34. The van der Waals surface area contributed by atoms with Crippen LogP contribution in [0.5, 0.6) is 0 Å². The first-order chi connectivity index (χ1) is 8.15. The number of rotatable bonds is 4. The highest BCUT2D eigenvalue weighted by Gasteiger charge is 2.21. The molecule has 0 heterocycles. The molecule has 0 saturated carbocycles. The van der Waals surface area contributed by atoms with Crippen molar-refractivity contribution in [3.05, 3.63) is 29.3 Å². The van der Waals surface area contributed by atoms with Crippen LogP contribution >= 0.6 is 0 Å². The molecule has 0 bridgehead atoms. The van der Waals surface area contributed by atoms with Gasteiger partial charge in [0.25, 0.3) is 0 Å². The molecule has 0 aromatic heterocycles. The van der Waals surface area contributed by atoms with Crippen LogP contribution in [0.25, 0.3) is 0 Å². The number of hydrogen-bond donors (Lipinski definition) is 1. The van der Waals surface area contributed by atoms with Gasteiger partial charge in [-0.15, -0.1) is 0 Å². The third-order valence-corrected chi connectivity index (χ3v) is 5.03. The van der Waals surface area contributed by atoms with E-state index in [1.54, 1.807) is 19.1 Å². The monoisotopic (exact) mass is 288 g/mol. The van der Waals surface area contributed by atoms with E-state index >= 15 is 0 Å². The summed E-state index contributed by atoms with van der Waals surface area (Å²) in [6, 6.07) is 6.06. The van der Waals surface area contributed by atoms with Crippen molar-refractivity contribution in [2.45, 2.75) is 11.8 Å². The molecule has 1 aromatic carbocycles. The number of hydrogen-bond acceptors (Lipinski definition) is 5. The van der Waals surface area contributed by atoms with E-state index in [1.165, 1.54) is 12.1 Å². The molecule has 0 aliphatic heterocycles. The Balaban J connectivity index is 3.18. The standard InChI is InChI=1S/C10H12N2O4S2/c1-8-2-3-10(9(6-8)7-11)17(13,14)4-5-18(12,15)16/h2-3,6H,4-5H2,1H3,(H2,12,15,16). The van der Waals surface area contributed by atoms with Crippen molar-refractivity contribution in [2.75, 3.05) is 11.5 Å². The molecule has 0 radical (unpaired) electrons. The molecule has 2 N–H and O–H groups in total. The van der Waals surface area contributed by atoms with Gasteiger partial charge in [-0.25, -0.2) is 22.0 Å². The molecule has 18 heavy (non-hydrogen) atoms. The quantitative estimate of drug-likeness (QED) is 0.831. The lowest BCUT2D eigenvalue weighted by molar-refractivity contribution is 0.588. The summed E-state index contributed by atoms with van der Waals surface area (Å²) in [4.78, 5) is -0.167. The van der Waals surface area contributed by atoms with Gasteiger partial charge in [0, 0.05) is 0 Å². The zero-order valence-electron chi connectivity index (χ0n) is 9.62. The normalized spacial score (nSPS) is 12.1. The molecule has 0 spiro atoms. The highest BCUT2D eigenvalue weighted by Crippen LogP contribution is 2.18. The van der Waals surface area contributed by atoms with Gasteiger partial charge in [-0.1, -0.05) is 6.07 Å². The number of nitrogens with two attached hydrogens (primary N) is 1. The van der Waals surface area contributed by atoms with Crippen molar-refractivity contribution in [1.82, 2.24) is 0 Å². The topological polar surface area (TPSA) is 118 Å². The number of nitrogens with zero attached hydrogens (tertiary/aromatic N) is 1. The fourth-order valence-corrected chi connectivity index (χ4v) is 4.08. The molecule has 0 saturated heterocycles. The number of primary sulfonamides is 1. The van der Waals surface area contributed by atoms with E-state index in [9.17, 15) is 16.8 Å². The lowest BCUT2D eigenvalue weighted by atomic mass is 10.2. The number of nitriles is 1. The van der Waals surface area contributed by atoms with Crippen molar-refractivity contribution in [2.24, 2.45) is 5.14 Å². The molecule has 0 aliphatic rings. The minimum absolute atomic E-state index is 0.00409. The SMILES string of the molecule is Cc1ccc(S(=O)(=O)CCS(N)(=O)=O)c(C#N)c1. The number of aryl methyl sites for hydroxylation is 1. The van der Waals surface area contributed by atoms with Crippen LogP contribution in [0.15, 0.2) is 23.1 Å². The van der Waals surface area contributed by atoms with Gasteiger partial charge in [-0.05, 0) is 24.6 Å². The smallest absolute Gasteiger partial charge is 0.210 e. The maximum atomic E-state index is 11.9. The van der Waals surface area contributed by atoms with Gasteiger partial charge < -0.3 is 0 Å². The summed E-state index contributed by atoms with van der Waals surface area (Å²) in [5, 5.41) is 13.6. The maximum Gasteiger partial charge on any atom is 0.210 e. The maximum absolute atomic E-state index is 11.9. The second kappa shape index (κ2) is 5.06. The summed E-state index contributed by atoms with van der Waals surface area (Å²) in [5.41, 5.74) is 0.751. The lowest BCUT2D eigenvalue weighted by Gasteiger charge is -2.06. The van der Waals surface area contributed by atoms with E-state index in [0.29, 0.717) is 0 Å². The highest BCUT2D eigenvalue weighted by molar-refractivity contribution is 7.94. The summed E-state index contributed by atoms with van der Waals surface area (Å²) in [5.74, 6) is -1.31. The first kappa shape index (κ1) is 14.6. The number of sulfone groups is 1. The van der Waals surface area contributed by atoms with Gasteiger partial charge in [0.2, 0.25) is 10.0 Å². The first-order valence-corrected chi connectivity index (χ1v) is 8.26. The Bertz CT molecular complexity index is 700. The van der Waals surface area contributed by atoms with Gasteiger partial charge in [0.15, 0.2) is 9.84 Å². The van der Waals surface area contributed by atoms with Crippen LogP contribution in [0.1, 0.15) is 11.1 Å². The fraction of sp³-hybridized carbons (Fsp3) is 0.300. The Morgan fingerprint density at radius 1 is 1.22 bits per heavy atom. The molecule has 0 amide bonds. The summed E-state index contributed by atoms with van der Waals surface area (Å²) >= 11 is 0. The molecule has 8 heteroatoms. The van der Waals surface area contributed by atoms with E-state index in [1.807, 2.05) is 0 Å². The summed E-state index contributed by atoms with van der Waals surface area (Å²) in [6.07, 6.45) is 0. The van der Waals surface area contributed by atoms with Crippen LogP contribution in [0.2, 0.25) is 0 Å². The molecular weight excluding hydrogens is 276 g/mol. The van der Waals surface area contributed by atoms with E-state index < -0.39 is 31.4 Å². The van der Waals surface area contributed by atoms with Crippen LogP contribution in [0, 0.1) is 18.3 Å². The highest BCUT2D eigenvalue weighted by atomic mass is 32.2. The zero-order valence-corrected chi connectivity index (χ0v) is 11.3. The Hall–Kier alpha value is -1.43. The molecule has 98 valence electrons. The number of benzene rings is 1.